The molecule has 16 aromatic carbocycles. The van der Waals surface area contributed by atoms with Gasteiger partial charge in [0.1, 0.15) is 46.1 Å². The molecule has 0 spiro atoms. The fourth-order valence-electron chi connectivity index (χ4n) is 17.2. The topological polar surface area (TPSA) is 19.6 Å². The summed E-state index contributed by atoms with van der Waals surface area (Å²) in [6.07, 6.45) is 3.69. The highest BCUT2D eigenvalue weighted by atomic mass is 19.1. The maximum atomic E-state index is 17.6. The number of rotatable bonds is 16. The summed E-state index contributed by atoms with van der Waals surface area (Å²) >= 11 is 0. The van der Waals surface area contributed by atoms with Crippen molar-refractivity contribution in [1.29, 1.82) is 0 Å². The first-order valence-electron chi connectivity index (χ1n) is 36.7. The first-order valence-corrected chi connectivity index (χ1v) is 36.7. The van der Waals surface area contributed by atoms with Crippen molar-refractivity contribution in [2.24, 2.45) is 0 Å². The molecule has 2 aliphatic carbocycles. The largest absolute Gasteiger partial charge is 0.456 e. The van der Waals surface area contributed by atoms with Crippen LogP contribution in [0.15, 0.2) is 369 Å². The summed E-state index contributed by atoms with van der Waals surface area (Å²) in [5.41, 5.74) is 20.8. The second-order valence-corrected chi connectivity index (χ2v) is 28.3. The minimum atomic E-state index is -0.756. The van der Waals surface area contributed by atoms with Crippen molar-refractivity contribution in [2.75, 3.05) is 9.80 Å². The number of halogens is 6. The van der Waals surface area contributed by atoms with Crippen molar-refractivity contribution in [1.82, 2.24) is 0 Å². The maximum Gasteiger partial charge on any atom is 0.148 e. The standard InChI is InChI=1S/C102H64F6N2O/c1-3-63-23-37-73(38-24-63)101(71-15-7-5-8-16-71)89-21-13-11-19-81(89)83-51-35-69(55-91(83)101)65-31-45-77(46-32-65)109(97-61-93(105)85(59-95(97)107)67-27-41-75(103)42-28-67)79-49-53-99-87(57-79)88-58-80(50-54-100(88)111-99)110(98-62-94(106)86(60-96(98)108)68-29-43-76(104)44-30-68)78-47-33-66(34-48-78)70-36-52-84-82-20-12-14-22-90(82)102(92(84)56-70,72-17-9-6-10-18-72)74-39-25-64(4-2)26-40-74/h3-62H,1-2H2. The summed E-state index contributed by atoms with van der Waals surface area (Å²) in [5, 5.41) is 1.15. The highest BCUT2D eigenvalue weighted by molar-refractivity contribution is 6.08. The Morgan fingerprint density at radius 2 is 0.586 bits per heavy atom. The maximum absolute atomic E-state index is 17.6. The minimum absolute atomic E-state index is 0.0517. The van der Waals surface area contributed by atoms with Gasteiger partial charge < -0.3 is 14.2 Å². The SMILES string of the molecule is C=Cc1ccc(C2(c3ccccc3)c3ccccc3-c3ccc(-c4ccc(N(c5ccc6oc7ccc(N(c8ccc(-c9ccc%10c(c9)C(c9ccccc9)(c9ccc(C=C)cc9)c9ccccc9-%10)cc8)c8cc(F)c(-c9ccc(F)cc9)cc8F)cc7c6c5)c5cc(F)c(-c6ccc(F)cc6)cc5F)cc4)cc32)cc1. The molecule has 0 amide bonds. The van der Waals surface area contributed by atoms with Crippen molar-refractivity contribution < 1.29 is 30.8 Å². The van der Waals surface area contributed by atoms with Gasteiger partial charge in [-0.15, -0.1) is 0 Å². The third-order valence-electron chi connectivity index (χ3n) is 22.4. The molecule has 1 heterocycles. The van der Waals surface area contributed by atoms with E-state index in [2.05, 4.69) is 195 Å². The van der Waals surface area contributed by atoms with Crippen LogP contribution >= 0.6 is 0 Å². The fraction of sp³-hybridized carbons (Fsp3) is 0.0196. The number of hydrogen-bond acceptors (Lipinski definition) is 3. The second kappa shape index (κ2) is 27.0. The molecule has 0 bridgehead atoms. The normalized spacial score (nSPS) is 14.5. The van der Waals surface area contributed by atoms with Gasteiger partial charge in [-0.2, -0.15) is 0 Å². The molecule has 19 rings (SSSR count). The Morgan fingerprint density at radius 1 is 0.252 bits per heavy atom. The van der Waals surface area contributed by atoms with Gasteiger partial charge in [0.25, 0.3) is 0 Å². The minimum Gasteiger partial charge on any atom is -0.456 e. The third-order valence-corrected chi connectivity index (χ3v) is 22.4. The first kappa shape index (κ1) is 67.6. The van der Waals surface area contributed by atoms with Gasteiger partial charge in [0.05, 0.1) is 22.2 Å². The van der Waals surface area contributed by atoms with Crippen molar-refractivity contribution >= 4 is 68.2 Å². The summed E-state index contributed by atoms with van der Waals surface area (Å²) in [5.74, 6) is -4.03. The van der Waals surface area contributed by atoms with Crippen LogP contribution < -0.4 is 9.80 Å². The highest BCUT2D eigenvalue weighted by Gasteiger charge is 2.48. The van der Waals surface area contributed by atoms with E-state index >= 15 is 17.6 Å². The highest BCUT2D eigenvalue weighted by Crippen LogP contribution is 2.59. The predicted octanol–water partition coefficient (Wildman–Crippen LogP) is 28.0. The Bertz CT molecular complexity index is 6140. The molecular formula is C102H64F6N2O. The van der Waals surface area contributed by atoms with E-state index in [9.17, 15) is 8.78 Å². The van der Waals surface area contributed by atoms with Gasteiger partial charge in [0, 0.05) is 56.8 Å². The Hall–Kier alpha value is -14.0. The third kappa shape index (κ3) is 11.1. The molecule has 2 atom stereocenters. The molecule has 0 fully saturated rings. The van der Waals surface area contributed by atoms with Gasteiger partial charge in [-0.1, -0.05) is 256 Å². The van der Waals surface area contributed by atoms with Crippen LogP contribution in [-0.4, -0.2) is 0 Å². The van der Waals surface area contributed by atoms with Crippen LogP contribution in [0.2, 0.25) is 0 Å². The van der Waals surface area contributed by atoms with Gasteiger partial charge in [0.2, 0.25) is 0 Å². The lowest BCUT2D eigenvalue weighted by Gasteiger charge is -2.34. The van der Waals surface area contributed by atoms with E-state index in [1.807, 2.05) is 84.9 Å². The quantitative estimate of drug-likeness (QED) is 0.0899. The summed E-state index contributed by atoms with van der Waals surface area (Å²) in [7, 11) is 0. The first-order chi connectivity index (χ1) is 54.3. The molecule has 2 aliphatic rings. The van der Waals surface area contributed by atoms with Crippen molar-refractivity contribution in [3.05, 3.63) is 456 Å². The van der Waals surface area contributed by atoms with Crippen LogP contribution in [0.25, 0.3) is 101 Å². The zero-order valence-electron chi connectivity index (χ0n) is 59.6. The van der Waals surface area contributed by atoms with Crippen LogP contribution in [0.4, 0.5) is 60.5 Å². The number of nitrogens with zero attached hydrogens (tertiary/aromatic N) is 2. The van der Waals surface area contributed by atoms with Crippen molar-refractivity contribution in [2.45, 2.75) is 10.8 Å². The zero-order chi connectivity index (χ0) is 75.2. The molecule has 3 nitrogen and oxygen atoms in total. The molecule has 530 valence electrons. The Morgan fingerprint density at radius 3 is 0.973 bits per heavy atom. The molecule has 17 aromatic rings. The molecule has 0 saturated carbocycles. The number of fused-ring (bicyclic) bond motifs is 9. The van der Waals surface area contributed by atoms with Gasteiger partial charge in [-0.3, -0.25) is 0 Å². The number of hydrogen-bond donors (Lipinski definition) is 0. The fourth-order valence-corrected chi connectivity index (χ4v) is 17.2. The van der Waals surface area contributed by atoms with E-state index in [0.717, 1.165) is 124 Å². The lowest BCUT2D eigenvalue weighted by Crippen LogP contribution is -2.28. The lowest BCUT2D eigenvalue weighted by molar-refractivity contribution is 0.604. The van der Waals surface area contributed by atoms with Crippen LogP contribution in [0.5, 0.6) is 0 Å². The van der Waals surface area contributed by atoms with Crippen molar-refractivity contribution in [3.8, 4) is 66.8 Å². The van der Waals surface area contributed by atoms with E-state index in [-0.39, 0.29) is 22.5 Å². The second-order valence-electron chi connectivity index (χ2n) is 28.3. The Balaban J connectivity index is 0.738. The van der Waals surface area contributed by atoms with Gasteiger partial charge >= 0.3 is 0 Å². The average Bonchev–Trinajstić information content (AvgIpc) is 1.55. The van der Waals surface area contributed by atoms with Crippen LogP contribution in [0, 0.1) is 34.9 Å². The summed E-state index contributed by atoms with van der Waals surface area (Å²) in [4.78, 5) is 3.31. The zero-order valence-corrected chi connectivity index (χ0v) is 59.6. The van der Waals surface area contributed by atoms with E-state index < -0.39 is 45.7 Å². The molecule has 111 heavy (non-hydrogen) atoms. The Kier molecular flexibility index (Phi) is 16.5. The number of anilines is 6. The van der Waals surface area contributed by atoms with Gasteiger partial charge in [-0.25, -0.2) is 26.3 Å². The summed E-state index contributed by atoms with van der Waals surface area (Å²) in [6.45, 7) is 8.08. The average molecular weight is 1450 g/mol. The molecule has 1 aromatic heterocycles. The van der Waals surface area contributed by atoms with Crippen LogP contribution in [-0.2, 0) is 10.8 Å². The summed E-state index contributed by atoms with van der Waals surface area (Å²) < 4.78 is 104. The molecule has 2 unspecified atom stereocenters. The molecular weight excluding hydrogens is 1380 g/mol. The summed E-state index contributed by atoms with van der Waals surface area (Å²) in [6, 6.07) is 110. The molecule has 0 saturated heterocycles. The van der Waals surface area contributed by atoms with E-state index in [0.29, 0.717) is 55.8 Å². The van der Waals surface area contributed by atoms with Gasteiger partial charge in [0.15, 0.2) is 0 Å². The van der Waals surface area contributed by atoms with Gasteiger partial charge in [-0.05, 0) is 220 Å². The number of furan rings is 1. The lowest BCUT2D eigenvalue weighted by atomic mass is 9.67. The predicted molar refractivity (Wildman–Crippen MR) is 439 cm³/mol. The van der Waals surface area contributed by atoms with Crippen molar-refractivity contribution in [3.63, 3.8) is 0 Å². The van der Waals surface area contributed by atoms with E-state index in [1.54, 1.807) is 34.1 Å². The molecule has 0 radical (unpaired) electrons. The molecule has 0 N–H and O–H groups in total. The van der Waals surface area contributed by atoms with E-state index in [1.165, 1.54) is 48.5 Å². The van der Waals surface area contributed by atoms with Crippen LogP contribution in [0.3, 0.4) is 0 Å². The monoisotopic (exact) mass is 1450 g/mol. The van der Waals surface area contributed by atoms with Crippen LogP contribution in [0.1, 0.15) is 55.6 Å². The van der Waals surface area contributed by atoms with E-state index in [4.69, 9.17) is 4.42 Å². The molecule has 0 aliphatic heterocycles. The smallest absolute Gasteiger partial charge is 0.148 e. The molecule has 9 heteroatoms. The number of benzene rings is 16. The Labute approximate surface area is 638 Å².